The maximum atomic E-state index is 12.2. The van der Waals surface area contributed by atoms with E-state index >= 15 is 0 Å². The highest BCUT2D eigenvalue weighted by Gasteiger charge is 2.16. The van der Waals surface area contributed by atoms with Gasteiger partial charge >= 0.3 is 0 Å². The number of nitrogens with one attached hydrogen (secondary N) is 2. The van der Waals surface area contributed by atoms with E-state index in [0.29, 0.717) is 10.8 Å². The van der Waals surface area contributed by atoms with Gasteiger partial charge < -0.3 is 15.4 Å². The van der Waals surface area contributed by atoms with Gasteiger partial charge in [-0.1, -0.05) is 25.1 Å². The van der Waals surface area contributed by atoms with Crippen molar-refractivity contribution < 1.29 is 9.90 Å². The summed E-state index contributed by atoms with van der Waals surface area (Å²) in [6, 6.07) is 7.75. The highest BCUT2D eigenvalue weighted by Crippen LogP contribution is 2.21. The van der Waals surface area contributed by atoms with Crippen LogP contribution in [0.25, 0.3) is 0 Å². The Morgan fingerprint density at radius 1 is 1.38 bits per heavy atom. The van der Waals surface area contributed by atoms with Crippen molar-refractivity contribution in [3.05, 3.63) is 46.4 Å². The minimum Gasteiger partial charge on any atom is -0.508 e. The smallest absolute Gasteiger partial charge is 0.251 e. The molecule has 2 rings (SSSR count). The van der Waals surface area contributed by atoms with Crippen molar-refractivity contribution in [2.24, 2.45) is 0 Å². The molecule has 3 N–H and O–H groups in total. The average molecular weight is 347 g/mol. The van der Waals surface area contributed by atoms with Crippen LogP contribution < -0.4 is 10.9 Å². The molecule has 128 valence electrons. The van der Waals surface area contributed by atoms with Crippen LogP contribution in [0.5, 0.6) is 5.75 Å². The molecule has 0 fully saturated rings. The van der Waals surface area contributed by atoms with E-state index in [0.717, 1.165) is 25.0 Å². The molecule has 0 aliphatic carbocycles. The third-order valence-electron chi connectivity index (χ3n) is 3.35. The van der Waals surface area contributed by atoms with Gasteiger partial charge in [-0.2, -0.15) is 0 Å². The van der Waals surface area contributed by atoms with Gasteiger partial charge in [-0.3, -0.25) is 9.59 Å². The largest absolute Gasteiger partial charge is 0.508 e. The van der Waals surface area contributed by atoms with Crippen molar-refractivity contribution in [2.45, 2.75) is 43.5 Å². The molecule has 1 unspecified atom stereocenters. The van der Waals surface area contributed by atoms with E-state index in [1.54, 1.807) is 19.1 Å². The molecular weight excluding hydrogens is 326 g/mol. The van der Waals surface area contributed by atoms with Gasteiger partial charge in [0.25, 0.3) is 5.56 Å². The van der Waals surface area contributed by atoms with Crippen LogP contribution in [0.15, 0.2) is 40.3 Å². The second-order valence-electron chi connectivity index (χ2n) is 5.44. The van der Waals surface area contributed by atoms with Gasteiger partial charge in [-0.25, -0.2) is 4.98 Å². The Labute approximate surface area is 144 Å². The molecule has 0 aliphatic heterocycles. The number of aromatic hydroxyl groups is 1. The number of amides is 1. The summed E-state index contributed by atoms with van der Waals surface area (Å²) in [5.41, 5.74) is 1.14. The lowest BCUT2D eigenvalue weighted by Gasteiger charge is -2.12. The molecule has 1 atom stereocenters. The molecule has 1 amide bonds. The fourth-order valence-corrected chi connectivity index (χ4v) is 2.87. The average Bonchev–Trinajstić information content (AvgIpc) is 2.54. The number of carbonyl (C=O) groups is 1. The number of nitrogens with zero attached hydrogens (tertiary/aromatic N) is 1. The van der Waals surface area contributed by atoms with Gasteiger partial charge in [-0.05, 0) is 44.0 Å². The maximum absolute atomic E-state index is 12.2. The van der Waals surface area contributed by atoms with Gasteiger partial charge in [0.05, 0.1) is 5.25 Å². The van der Waals surface area contributed by atoms with Gasteiger partial charge in [-0.15, -0.1) is 0 Å². The van der Waals surface area contributed by atoms with Crippen molar-refractivity contribution in [2.75, 3.05) is 5.32 Å². The van der Waals surface area contributed by atoms with Crippen LogP contribution in [0.1, 0.15) is 32.4 Å². The predicted molar refractivity (Wildman–Crippen MR) is 95.5 cm³/mol. The minimum absolute atomic E-state index is 0.140. The summed E-state index contributed by atoms with van der Waals surface area (Å²) in [6.45, 7) is 3.83. The lowest BCUT2D eigenvalue weighted by atomic mass is 10.2. The molecule has 6 nitrogen and oxygen atoms in total. The third-order valence-corrected chi connectivity index (χ3v) is 4.34. The van der Waals surface area contributed by atoms with Crippen LogP contribution in [-0.2, 0) is 11.2 Å². The van der Waals surface area contributed by atoms with Crippen molar-refractivity contribution in [3.63, 3.8) is 0 Å². The van der Waals surface area contributed by atoms with Crippen LogP contribution >= 0.6 is 11.8 Å². The quantitative estimate of drug-likeness (QED) is 0.407. The third kappa shape index (κ3) is 5.42. The first-order valence-corrected chi connectivity index (χ1v) is 8.72. The first kappa shape index (κ1) is 18.1. The Morgan fingerprint density at radius 3 is 2.75 bits per heavy atom. The summed E-state index contributed by atoms with van der Waals surface area (Å²) in [4.78, 5) is 31.0. The number of anilines is 1. The van der Waals surface area contributed by atoms with E-state index in [-0.39, 0.29) is 17.2 Å². The summed E-state index contributed by atoms with van der Waals surface area (Å²) in [5, 5.41) is 12.0. The van der Waals surface area contributed by atoms with Gasteiger partial charge in [0.1, 0.15) is 5.75 Å². The van der Waals surface area contributed by atoms with Crippen LogP contribution in [0, 0.1) is 0 Å². The summed E-state index contributed by atoms with van der Waals surface area (Å²) in [5.74, 6) is -0.0617. The summed E-state index contributed by atoms with van der Waals surface area (Å²) in [6.07, 6.45) is 2.75. The molecular formula is C17H21N3O3S. The zero-order chi connectivity index (χ0) is 17.5. The van der Waals surface area contributed by atoms with Crippen LogP contribution in [0.4, 0.5) is 5.69 Å². The first-order valence-electron chi connectivity index (χ1n) is 7.84. The van der Waals surface area contributed by atoms with Crippen LogP contribution in [0.3, 0.4) is 0 Å². The highest BCUT2D eigenvalue weighted by atomic mass is 32.2. The number of carbonyl (C=O) groups excluding carboxylic acids is 1. The summed E-state index contributed by atoms with van der Waals surface area (Å²) < 4.78 is 0. The maximum Gasteiger partial charge on any atom is 0.251 e. The molecule has 2 aromatic rings. The molecule has 24 heavy (non-hydrogen) atoms. The van der Waals surface area contributed by atoms with Gasteiger partial charge in [0, 0.05) is 17.4 Å². The Morgan fingerprint density at radius 2 is 2.08 bits per heavy atom. The van der Waals surface area contributed by atoms with E-state index < -0.39 is 5.25 Å². The number of H-pyrrole nitrogens is 1. The van der Waals surface area contributed by atoms with Crippen molar-refractivity contribution in [3.8, 4) is 5.75 Å². The Balaban J connectivity index is 2.01. The number of benzene rings is 1. The molecule has 1 aromatic heterocycles. The summed E-state index contributed by atoms with van der Waals surface area (Å²) >= 11 is 1.21. The fraction of sp³-hybridized carbons (Fsp3) is 0.353. The second-order valence-corrected chi connectivity index (χ2v) is 6.77. The molecule has 1 heterocycles. The molecule has 0 aliphatic rings. The van der Waals surface area contributed by atoms with Crippen LogP contribution in [0.2, 0.25) is 0 Å². The van der Waals surface area contributed by atoms with Crippen LogP contribution in [-0.4, -0.2) is 26.2 Å². The number of aryl methyl sites for hydroxylation is 1. The fourth-order valence-electron chi connectivity index (χ4n) is 2.03. The topological polar surface area (TPSA) is 95.1 Å². The SMILES string of the molecule is CCCCc1cc(=O)[nH]c(SC(C)C(=O)Nc2ccc(O)cc2)n1. The number of unbranched alkanes of at least 4 members (excludes halogenated alkanes) is 1. The second kappa shape index (κ2) is 8.54. The van der Waals surface area contributed by atoms with E-state index in [1.807, 2.05) is 0 Å². The molecule has 0 bridgehead atoms. The number of aromatic nitrogens is 2. The lowest BCUT2D eigenvalue weighted by Crippen LogP contribution is -2.23. The molecule has 0 saturated carbocycles. The highest BCUT2D eigenvalue weighted by molar-refractivity contribution is 8.00. The number of thioether (sulfide) groups is 1. The number of phenols is 1. The standard InChI is InChI=1S/C17H21N3O3S/c1-3-4-5-13-10-15(22)20-17(19-13)24-11(2)16(23)18-12-6-8-14(21)9-7-12/h6-11,21H,3-5H2,1-2H3,(H,18,23)(H,19,20,22). The molecule has 0 spiro atoms. The monoisotopic (exact) mass is 347 g/mol. The normalized spacial score (nSPS) is 11.9. The van der Waals surface area contributed by atoms with Gasteiger partial charge in [0.15, 0.2) is 5.16 Å². The predicted octanol–water partition coefficient (Wildman–Crippen LogP) is 2.94. The van der Waals surface area contributed by atoms with E-state index in [2.05, 4.69) is 22.2 Å². The van der Waals surface area contributed by atoms with E-state index in [9.17, 15) is 14.7 Å². The number of rotatable bonds is 7. The number of hydrogen-bond acceptors (Lipinski definition) is 5. The molecule has 1 aromatic carbocycles. The molecule has 0 saturated heterocycles. The van der Waals surface area contributed by atoms with Crippen molar-refractivity contribution in [1.82, 2.24) is 9.97 Å². The summed E-state index contributed by atoms with van der Waals surface area (Å²) in [7, 11) is 0. The zero-order valence-corrected chi connectivity index (χ0v) is 14.5. The minimum atomic E-state index is -0.427. The van der Waals surface area contributed by atoms with Crippen molar-refractivity contribution in [1.29, 1.82) is 0 Å². The number of aromatic amines is 1. The van der Waals surface area contributed by atoms with E-state index in [1.165, 1.54) is 30.0 Å². The Hall–Kier alpha value is -2.28. The van der Waals surface area contributed by atoms with Gasteiger partial charge in [0.2, 0.25) is 5.91 Å². The number of phenolic OH excluding ortho intramolecular Hbond substituents is 1. The lowest BCUT2D eigenvalue weighted by molar-refractivity contribution is -0.115. The molecule has 0 radical (unpaired) electrons. The van der Waals surface area contributed by atoms with Crippen molar-refractivity contribution >= 4 is 23.4 Å². The Kier molecular flexibility index (Phi) is 6.43. The Bertz CT molecular complexity index is 743. The molecule has 7 heteroatoms. The van der Waals surface area contributed by atoms with E-state index in [4.69, 9.17) is 0 Å². The zero-order valence-electron chi connectivity index (χ0n) is 13.7. The first-order chi connectivity index (χ1) is 11.5. The number of hydrogen-bond donors (Lipinski definition) is 3.